The number of carbonyl (C=O) groups is 1. The Bertz CT molecular complexity index is 983. The first-order valence-electron chi connectivity index (χ1n) is 9.42. The fraction of sp³-hybridized carbons (Fsp3) is 0.400. The lowest BCUT2D eigenvalue weighted by atomic mass is 10.0. The zero-order valence-corrected chi connectivity index (χ0v) is 16.0. The number of hydrogen-bond donors (Lipinski definition) is 1. The van der Waals surface area contributed by atoms with Crippen LogP contribution in [0.3, 0.4) is 0 Å². The molecule has 0 saturated carbocycles. The molecule has 0 radical (unpaired) electrons. The van der Waals surface area contributed by atoms with Gasteiger partial charge in [-0.15, -0.1) is 10.2 Å². The minimum Gasteiger partial charge on any atom is -0.345 e. The molecule has 1 N–H and O–H groups in total. The van der Waals surface area contributed by atoms with E-state index in [-0.39, 0.29) is 5.91 Å². The van der Waals surface area contributed by atoms with E-state index in [9.17, 15) is 4.79 Å². The van der Waals surface area contributed by atoms with E-state index >= 15 is 0 Å². The second-order valence-electron chi connectivity index (χ2n) is 6.91. The van der Waals surface area contributed by atoms with Gasteiger partial charge in [0.15, 0.2) is 5.82 Å². The number of aryl methyl sites for hydroxylation is 3. The Kier molecular flexibility index (Phi) is 4.51. The Morgan fingerprint density at radius 1 is 1.19 bits per heavy atom. The summed E-state index contributed by atoms with van der Waals surface area (Å²) in [6, 6.07) is 7.70. The third-order valence-corrected chi connectivity index (χ3v) is 5.21. The summed E-state index contributed by atoms with van der Waals surface area (Å²) in [6.07, 6.45) is 2.07. The van der Waals surface area contributed by atoms with E-state index in [1.54, 1.807) is 0 Å². The molecule has 4 rings (SSSR count). The minimum atomic E-state index is -0.102. The van der Waals surface area contributed by atoms with Crippen molar-refractivity contribution in [1.29, 1.82) is 0 Å². The van der Waals surface area contributed by atoms with Crippen molar-refractivity contribution in [3.63, 3.8) is 0 Å². The number of carbonyl (C=O) groups excluding carboxylic acids is 1. The molecule has 3 aromatic rings. The highest BCUT2D eigenvalue weighted by molar-refractivity contribution is 5.94. The van der Waals surface area contributed by atoms with Crippen molar-refractivity contribution in [3.05, 3.63) is 52.9 Å². The van der Waals surface area contributed by atoms with Gasteiger partial charge >= 0.3 is 0 Å². The first-order valence-corrected chi connectivity index (χ1v) is 9.42. The first-order chi connectivity index (χ1) is 13.1. The Labute approximate surface area is 158 Å². The lowest BCUT2D eigenvalue weighted by Crippen LogP contribution is -2.24. The summed E-state index contributed by atoms with van der Waals surface area (Å²) < 4.78 is 4.10. The van der Waals surface area contributed by atoms with Crippen LogP contribution in [0.4, 0.5) is 0 Å². The van der Waals surface area contributed by atoms with Crippen molar-refractivity contribution in [2.24, 2.45) is 0 Å². The fourth-order valence-corrected chi connectivity index (χ4v) is 3.81. The van der Waals surface area contributed by atoms with Gasteiger partial charge in [0.05, 0.1) is 12.2 Å². The number of nitrogens with one attached hydrogen (secondary N) is 1. The molecule has 0 spiro atoms. The molecular formula is C20H24N6O. The molecule has 0 fully saturated rings. The number of nitrogens with zero attached hydrogens (tertiary/aromatic N) is 5. The number of benzene rings is 1. The first kappa shape index (κ1) is 17.5. The summed E-state index contributed by atoms with van der Waals surface area (Å²) >= 11 is 0. The molecule has 1 aromatic carbocycles. The maximum absolute atomic E-state index is 12.5. The van der Waals surface area contributed by atoms with Crippen molar-refractivity contribution in [2.45, 2.75) is 53.2 Å². The van der Waals surface area contributed by atoms with E-state index < -0.39 is 0 Å². The third kappa shape index (κ3) is 3.13. The molecule has 140 valence electrons. The van der Waals surface area contributed by atoms with E-state index in [1.165, 1.54) is 0 Å². The van der Waals surface area contributed by atoms with Gasteiger partial charge in [0.1, 0.15) is 5.82 Å². The highest BCUT2D eigenvalue weighted by Gasteiger charge is 2.18. The predicted octanol–water partition coefficient (Wildman–Crippen LogP) is 2.65. The van der Waals surface area contributed by atoms with Gasteiger partial charge in [-0.3, -0.25) is 9.48 Å². The molecule has 3 heterocycles. The molecule has 7 heteroatoms. The van der Waals surface area contributed by atoms with Gasteiger partial charge in [-0.2, -0.15) is 5.10 Å². The normalized spacial score (nSPS) is 13.0. The summed E-state index contributed by atoms with van der Waals surface area (Å²) in [6.45, 7) is 8.37. The van der Waals surface area contributed by atoms with Gasteiger partial charge in [0.2, 0.25) is 0 Å². The second kappa shape index (κ2) is 6.98. The quantitative estimate of drug-likeness (QED) is 0.755. The Morgan fingerprint density at radius 2 is 1.96 bits per heavy atom. The van der Waals surface area contributed by atoms with Crippen LogP contribution in [0.5, 0.6) is 0 Å². The topological polar surface area (TPSA) is 77.6 Å². The molecule has 1 aliphatic heterocycles. The molecule has 2 aromatic heterocycles. The maximum Gasteiger partial charge on any atom is 0.251 e. The number of aromatic nitrogens is 5. The van der Waals surface area contributed by atoms with Crippen LogP contribution < -0.4 is 5.32 Å². The molecule has 1 aliphatic rings. The van der Waals surface area contributed by atoms with Gasteiger partial charge in [-0.05, 0) is 44.9 Å². The SMILES string of the molecule is CCn1nc(C)c(-c2ccc(C(=O)NCc3nnc4n3CCC4)cc2)c1C. The van der Waals surface area contributed by atoms with Gasteiger partial charge < -0.3 is 9.88 Å². The van der Waals surface area contributed by atoms with Gasteiger partial charge in [-0.1, -0.05) is 12.1 Å². The third-order valence-electron chi connectivity index (χ3n) is 5.21. The second-order valence-corrected chi connectivity index (χ2v) is 6.91. The summed E-state index contributed by atoms with van der Waals surface area (Å²) in [7, 11) is 0. The van der Waals surface area contributed by atoms with Crippen LogP contribution in [0.25, 0.3) is 11.1 Å². The monoisotopic (exact) mass is 364 g/mol. The van der Waals surface area contributed by atoms with E-state index in [1.807, 2.05) is 35.9 Å². The number of rotatable bonds is 5. The van der Waals surface area contributed by atoms with Gasteiger partial charge in [0.25, 0.3) is 5.91 Å². The smallest absolute Gasteiger partial charge is 0.251 e. The van der Waals surface area contributed by atoms with Crippen LogP contribution in [0.1, 0.15) is 46.7 Å². The van der Waals surface area contributed by atoms with Crippen LogP contribution in [0.2, 0.25) is 0 Å². The van der Waals surface area contributed by atoms with E-state index in [4.69, 9.17) is 0 Å². The minimum absolute atomic E-state index is 0.102. The zero-order valence-electron chi connectivity index (χ0n) is 16.0. The number of fused-ring (bicyclic) bond motifs is 1. The highest BCUT2D eigenvalue weighted by Crippen LogP contribution is 2.27. The lowest BCUT2D eigenvalue weighted by Gasteiger charge is -2.07. The van der Waals surface area contributed by atoms with Crippen LogP contribution in [-0.4, -0.2) is 30.5 Å². The van der Waals surface area contributed by atoms with Crippen molar-refractivity contribution in [2.75, 3.05) is 0 Å². The average molecular weight is 364 g/mol. The molecule has 0 saturated heterocycles. The molecule has 27 heavy (non-hydrogen) atoms. The lowest BCUT2D eigenvalue weighted by molar-refractivity contribution is 0.0949. The fourth-order valence-electron chi connectivity index (χ4n) is 3.81. The van der Waals surface area contributed by atoms with Gasteiger partial charge in [0, 0.05) is 36.3 Å². The highest BCUT2D eigenvalue weighted by atomic mass is 16.1. The molecule has 0 bridgehead atoms. The van der Waals surface area contributed by atoms with E-state index in [0.29, 0.717) is 12.1 Å². The van der Waals surface area contributed by atoms with Crippen LogP contribution in [0, 0.1) is 13.8 Å². The average Bonchev–Trinajstić information content (AvgIpc) is 3.35. The summed E-state index contributed by atoms with van der Waals surface area (Å²) in [4.78, 5) is 12.5. The Morgan fingerprint density at radius 3 is 2.67 bits per heavy atom. The molecule has 1 amide bonds. The van der Waals surface area contributed by atoms with Crippen molar-refractivity contribution >= 4 is 5.91 Å². The number of hydrogen-bond acceptors (Lipinski definition) is 4. The Hall–Kier alpha value is -2.96. The molecular weight excluding hydrogens is 340 g/mol. The summed E-state index contributed by atoms with van der Waals surface area (Å²) in [5, 5.41) is 15.9. The maximum atomic E-state index is 12.5. The summed E-state index contributed by atoms with van der Waals surface area (Å²) in [5.41, 5.74) is 5.01. The van der Waals surface area contributed by atoms with Crippen LogP contribution in [0.15, 0.2) is 24.3 Å². The largest absolute Gasteiger partial charge is 0.345 e. The van der Waals surface area contributed by atoms with Crippen molar-refractivity contribution in [3.8, 4) is 11.1 Å². The Balaban J connectivity index is 1.47. The predicted molar refractivity (Wildman–Crippen MR) is 102 cm³/mol. The van der Waals surface area contributed by atoms with Crippen molar-refractivity contribution < 1.29 is 4.79 Å². The summed E-state index contributed by atoms with van der Waals surface area (Å²) in [5.74, 6) is 1.74. The molecule has 0 unspecified atom stereocenters. The zero-order chi connectivity index (χ0) is 19.0. The van der Waals surface area contributed by atoms with E-state index in [0.717, 1.165) is 60.1 Å². The molecule has 7 nitrogen and oxygen atoms in total. The molecule has 0 atom stereocenters. The number of amides is 1. The van der Waals surface area contributed by atoms with Gasteiger partial charge in [-0.25, -0.2) is 0 Å². The van der Waals surface area contributed by atoms with Crippen LogP contribution in [-0.2, 0) is 26.1 Å². The molecule has 0 aliphatic carbocycles. The van der Waals surface area contributed by atoms with Crippen LogP contribution >= 0.6 is 0 Å². The van der Waals surface area contributed by atoms with E-state index in [2.05, 4.69) is 39.0 Å². The standard InChI is InChI=1S/C20H24N6O/c1-4-26-14(3)19(13(2)24-26)15-7-9-16(10-8-15)20(27)21-12-18-23-22-17-6-5-11-25(17)18/h7-10H,4-6,11-12H2,1-3H3,(H,21,27). The van der Waals surface area contributed by atoms with Crippen molar-refractivity contribution in [1.82, 2.24) is 29.9 Å².